The Morgan fingerprint density at radius 2 is 1.82 bits per heavy atom. The summed E-state index contributed by atoms with van der Waals surface area (Å²) < 4.78 is 12.7. The SMILES string of the molecule is Nc1ccc(NCc2ccc(F)cc2)c(Cl)c1. The Bertz CT molecular complexity index is 511. The number of anilines is 2. The Kier molecular flexibility index (Phi) is 3.49. The van der Waals surface area contributed by atoms with Crippen LogP contribution in [0, 0.1) is 5.82 Å². The highest BCUT2D eigenvalue weighted by Gasteiger charge is 2.00. The highest BCUT2D eigenvalue weighted by molar-refractivity contribution is 6.33. The molecule has 88 valence electrons. The molecule has 0 fully saturated rings. The summed E-state index contributed by atoms with van der Waals surface area (Å²) >= 11 is 6.02. The van der Waals surface area contributed by atoms with Crippen molar-refractivity contribution in [2.24, 2.45) is 0 Å². The van der Waals surface area contributed by atoms with Crippen molar-refractivity contribution in [1.29, 1.82) is 0 Å². The van der Waals surface area contributed by atoms with Crippen LogP contribution in [0.3, 0.4) is 0 Å². The Balaban J connectivity index is 2.04. The quantitative estimate of drug-likeness (QED) is 0.816. The summed E-state index contributed by atoms with van der Waals surface area (Å²) in [5.41, 5.74) is 8.02. The zero-order valence-corrected chi connectivity index (χ0v) is 9.84. The second-order valence-corrected chi connectivity index (χ2v) is 4.13. The highest BCUT2D eigenvalue weighted by atomic mass is 35.5. The minimum Gasteiger partial charge on any atom is -0.399 e. The van der Waals surface area contributed by atoms with Crippen LogP contribution in [0.4, 0.5) is 15.8 Å². The fourth-order valence-electron chi connectivity index (χ4n) is 1.47. The largest absolute Gasteiger partial charge is 0.399 e. The van der Waals surface area contributed by atoms with Crippen molar-refractivity contribution in [3.8, 4) is 0 Å². The molecule has 2 nitrogen and oxygen atoms in total. The standard InChI is InChI=1S/C13H12ClFN2/c14-12-7-11(16)5-6-13(12)17-8-9-1-3-10(15)4-2-9/h1-7,17H,8,16H2. The summed E-state index contributed by atoms with van der Waals surface area (Å²) in [6.45, 7) is 0.587. The molecule has 0 radical (unpaired) electrons. The zero-order valence-electron chi connectivity index (χ0n) is 9.08. The molecule has 0 aromatic heterocycles. The molecule has 0 aliphatic carbocycles. The normalized spacial score (nSPS) is 10.2. The van der Waals surface area contributed by atoms with Crippen LogP contribution >= 0.6 is 11.6 Å². The number of nitrogens with one attached hydrogen (secondary N) is 1. The summed E-state index contributed by atoms with van der Waals surface area (Å²) in [5, 5.41) is 3.74. The monoisotopic (exact) mass is 250 g/mol. The molecule has 0 saturated carbocycles. The van der Waals surface area contributed by atoms with E-state index in [4.69, 9.17) is 17.3 Å². The molecule has 0 amide bonds. The number of hydrogen-bond acceptors (Lipinski definition) is 2. The molecule has 0 spiro atoms. The van der Waals surface area contributed by atoms with E-state index in [9.17, 15) is 4.39 Å². The molecule has 0 aliphatic rings. The highest BCUT2D eigenvalue weighted by Crippen LogP contribution is 2.24. The average Bonchev–Trinajstić information content (AvgIpc) is 2.30. The number of rotatable bonds is 3. The summed E-state index contributed by atoms with van der Waals surface area (Å²) in [5.74, 6) is -0.237. The van der Waals surface area contributed by atoms with Crippen molar-refractivity contribution in [1.82, 2.24) is 0 Å². The number of halogens is 2. The minimum absolute atomic E-state index is 0.237. The minimum atomic E-state index is -0.237. The summed E-state index contributed by atoms with van der Waals surface area (Å²) in [7, 11) is 0. The fraction of sp³-hybridized carbons (Fsp3) is 0.0769. The number of hydrogen-bond donors (Lipinski definition) is 2. The molecule has 2 aromatic rings. The molecule has 0 heterocycles. The smallest absolute Gasteiger partial charge is 0.123 e. The number of benzene rings is 2. The van der Waals surface area contributed by atoms with Gasteiger partial charge in [0.15, 0.2) is 0 Å². The van der Waals surface area contributed by atoms with E-state index in [1.807, 2.05) is 6.07 Å². The van der Waals surface area contributed by atoms with Crippen molar-refractivity contribution < 1.29 is 4.39 Å². The van der Waals surface area contributed by atoms with Crippen molar-refractivity contribution in [2.45, 2.75) is 6.54 Å². The Morgan fingerprint density at radius 1 is 1.12 bits per heavy atom. The first-order chi connectivity index (χ1) is 8.15. The predicted octanol–water partition coefficient (Wildman–Crippen LogP) is 3.67. The molecule has 0 saturated heterocycles. The van der Waals surface area contributed by atoms with E-state index >= 15 is 0 Å². The molecule has 3 N–H and O–H groups in total. The van der Waals surface area contributed by atoms with Crippen LogP contribution in [0.25, 0.3) is 0 Å². The zero-order chi connectivity index (χ0) is 12.3. The number of nitrogens with two attached hydrogens (primary N) is 1. The van der Waals surface area contributed by atoms with E-state index in [0.29, 0.717) is 17.3 Å². The maximum absolute atomic E-state index is 12.7. The Hall–Kier alpha value is -1.74. The molecule has 0 unspecified atom stereocenters. The lowest BCUT2D eigenvalue weighted by atomic mass is 10.2. The van der Waals surface area contributed by atoms with Gasteiger partial charge >= 0.3 is 0 Å². The van der Waals surface area contributed by atoms with Gasteiger partial charge in [0.1, 0.15) is 5.82 Å². The van der Waals surface area contributed by atoms with Crippen LogP contribution in [-0.2, 0) is 6.54 Å². The molecule has 17 heavy (non-hydrogen) atoms. The van der Waals surface area contributed by atoms with Crippen molar-refractivity contribution >= 4 is 23.0 Å². The second-order valence-electron chi connectivity index (χ2n) is 3.72. The van der Waals surface area contributed by atoms with E-state index < -0.39 is 0 Å². The second kappa shape index (κ2) is 5.06. The van der Waals surface area contributed by atoms with Gasteiger partial charge in [-0.25, -0.2) is 4.39 Å². The van der Waals surface area contributed by atoms with Gasteiger partial charge in [0.25, 0.3) is 0 Å². The van der Waals surface area contributed by atoms with Gasteiger partial charge in [-0.3, -0.25) is 0 Å². The first-order valence-electron chi connectivity index (χ1n) is 5.18. The topological polar surface area (TPSA) is 38.0 Å². The lowest BCUT2D eigenvalue weighted by Gasteiger charge is -2.09. The predicted molar refractivity (Wildman–Crippen MR) is 69.6 cm³/mol. The fourth-order valence-corrected chi connectivity index (χ4v) is 1.73. The first-order valence-corrected chi connectivity index (χ1v) is 5.56. The summed E-state index contributed by atoms with van der Waals surface area (Å²) in [6.07, 6.45) is 0. The van der Waals surface area contributed by atoms with Gasteiger partial charge in [-0.15, -0.1) is 0 Å². The van der Waals surface area contributed by atoms with Crippen LogP contribution in [0.15, 0.2) is 42.5 Å². The van der Waals surface area contributed by atoms with Crippen LogP contribution in [0.1, 0.15) is 5.56 Å². The van der Waals surface area contributed by atoms with Crippen molar-refractivity contribution in [3.05, 3.63) is 58.9 Å². The molecule has 0 aliphatic heterocycles. The van der Waals surface area contributed by atoms with Crippen LogP contribution in [-0.4, -0.2) is 0 Å². The molecular weight excluding hydrogens is 239 g/mol. The van der Waals surface area contributed by atoms with E-state index in [-0.39, 0.29) is 5.82 Å². The van der Waals surface area contributed by atoms with Crippen LogP contribution < -0.4 is 11.1 Å². The van der Waals surface area contributed by atoms with Crippen molar-refractivity contribution in [3.63, 3.8) is 0 Å². The molecule has 2 rings (SSSR count). The first kappa shape index (κ1) is 11.7. The maximum atomic E-state index is 12.7. The molecule has 2 aromatic carbocycles. The van der Waals surface area contributed by atoms with Crippen LogP contribution in [0.2, 0.25) is 5.02 Å². The Labute approximate surface area is 104 Å². The van der Waals surface area contributed by atoms with Crippen LogP contribution in [0.5, 0.6) is 0 Å². The van der Waals surface area contributed by atoms with Gasteiger partial charge in [0, 0.05) is 12.2 Å². The van der Waals surface area contributed by atoms with Gasteiger partial charge in [0.2, 0.25) is 0 Å². The van der Waals surface area contributed by atoms with E-state index in [0.717, 1.165) is 11.3 Å². The third-order valence-electron chi connectivity index (χ3n) is 2.39. The van der Waals surface area contributed by atoms with Gasteiger partial charge in [-0.2, -0.15) is 0 Å². The van der Waals surface area contributed by atoms with Gasteiger partial charge in [-0.05, 0) is 35.9 Å². The summed E-state index contributed by atoms with van der Waals surface area (Å²) in [4.78, 5) is 0. The lowest BCUT2D eigenvalue weighted by molar-refractivity contribution is 0.627. The molecular formula is C13H12ClFN2. The van der Waals surface area contributed by atoms with E-state index in [2.05, 4.69) is 5.32 Å². The lowest BCUT2D eigenvalue weighted by Crippen LogP contribution is -2.00. The molecule has 4 heteroatoms. The maximum Gasteiger partial charge on any atom is 0.123 e. The number of nitrogen functional groups attached to an aromatic ring is 1. The van der Waals surface area contributed by atoms with Gasteiger partial charge in [0.05, 0.1) is 10.7 Å². The van der Waals surface area contributed by atoms with E-state index in [1.54, 1.807) is 24.3 Å². The average molecular weight is 251 g/mol. The third kappa shape index (κ3) is 3.11. The molecule has 0 atom stereocenters. The third-order valence-corrected chi connectivity index (χ3v) is 2.70. The molecule has 0 bridgehead atoms. The summed E-state index contributed by atoms with van der Waals surface area (Å²) in [6, 6.07) is 11.6. The van der Waals surface area contributed by atoms with Gasteiger partial charge in [-0.1, -0.05) is 23.7 Å². The van der Waals surface area contributed by atoms with Crippen molar-refractivity contribution in [2.75, 3.05) is 11.1 Å². The van der Waals surface area contributed by atoms with E-state index in [1.165, 1.54) is 12.1 Å². The van der Waals surface area contributed by atoms with Gasteiger partial charge < -0.3 is 11.1 Å². The Morgan fingerprint density at radius 3 is 2.47 bits per heavy atom.